The van der Waals surface area contributed by atoms with Gasteiger partial charge in [-0.3, -0.25) is 9.78 Å². The number of nitrogen functional groups attached to an aromatic ring is 1. The molecule has 0 aromatic carbocycles. The largest absolute Gasteiger partial charge is 0.353 e. The van der Waals surface area contributed by atoms with Crippen molar-refractivity contribution in [1.82, 2.24) is 25.2 Å². The highest BCUT2D eigenvalue weighted by molar-refractivity contribution is 7.99. The molecule has 8 heteroatoms. The Morgan fingerprint density at radius 1 is 1.50 bits per heavy atom. The summed E-state index contributed by atoms with van der Waals surface area (Å²) in [6.07, 6.45) is 3.33. The standard InChI is InChI=1S/C12H16N6OS/c1-8(2)15-10(19)7-20-12-17-16-11(18(12)13)9-4-3-5-14-6-9/h3-6,8H,7,13H2,1-2H3,(H,15,19). The molecule has 0 fully saturated rings. The maximum absolute atomic E-state index is 11.6. The Morgan fingerprint density at radius 2 is 2.30 bits per heavy atom. The van der Waals surface area contributed by atoms with Crippen molar-refractivity contribution in [3.05, 3.63) is 24.5 Å². The first-order valence-corrected chi connectivity index (χ1v) is 7.09. The van der Waals surface area contributed by atoms with Gasteiger partial charge in [-0.2, -0.15) is 0 Å². The molecular formula is C12H16N6OS. The van der Waals surface area contributed by atoms with Gasteiger partial charge in [-0.1, -0.05) is 11.8 Å². The van der Waals surface area contributed by atoms with Gasteiger partial charge in [0.25, 0.3) is 0 Å². The number of hydrogen-bond acceptors (Lipinski definition) is 6. The first kappa shape index (κ1) is 14.3. The minimum atomic E-state index is -0.0593. The van der Waals surface area contributed by atoms with Crippen molar-refractivity contribution in [3.8, 4) is 11.4 Å². The van der Waals surface area contributed by atoms with Gasteiger partial charge in [-0.15, -0.1) is 10.2 Å². The smallest absolute Gasteiger partial charge is 0.230 e. The van der Waals surface area contributed by atoms with E-state index < -0.39 is 0 Å². The second-order valence-corrected chi connectivity index (χ2v) is 5.37. The predicted molar refractivity (Wildman–Crippen MR) is 77.4 cm³/mol. The van der Waals surface area contributed by atoms with E-state index in [4.69, 9.17) is 5.84 Å². The lowest BCUT2D eigenvalue weighted by molar-refractivity contribution is -0.119. The number of hydrogen-bond donors (Lipinski definition) is 2. The van der Waals surface area contributed by atoms with Crippen molar-refractivity contribution in [2.45, 2.75) is 25.0 Å². The van der Waals surface area contributed by atoms with Crippen LogP contribution in [0.5, 0.6) is 0 Å². The van der Waals surface area contributed by atoms with Gasteiger partial charge in [0, 0.05) is 24.0 Å². The highest BCUT2D eigenvalue weighted by Gasteiger charge is 2.13. The van der Waals surface area contributed by atoms with Crippen molar-refractivity contribution in [2.24, 2.45) is 0 Å². The molecule has 0 unspecified atom stereocenters. The first-order chi connectivity index (χ1) is 9.58. The average molecular weight is 292 g/mol. The predicted octanol–water partition coefficient (Wildman–Crippen LogP) is 0.671. The van der Waals surface area contributed by atoms with E-state index in [9.17, 15) is 4.79 Å². The number of nitrogens with zero attached hydrogens (tertiary/aromatic N) is 4. The summed E-state index contributed by atoms with van der Waals surface area (Å²) in [5.74, 6) is 6.64. The summed E-state index contributed by atoms with van der Waals surface area (Å²) in [6.45, 7) is 3.82. The summed E-state index contributed by atoms with van der Waals surface area (Å²) in [5, 5.41) is 11.3. The number of amides is 1. The van der Waals surface area contributed by atoms with Gasteiger partial charge in [-0.05, 0) is 26.0 Å². The van der Waals surface area contributed by atoms with Crippen molar-refractivity contribution in [2.75, 3.05) is 11.6 Å². The summed E-state index contributed by atoms with van der Waals surface area (Å²) in [4.78, 5) is 15.6. The molecule has 0 spiro atoms. The molecule has 0 saturated heterocycles. The molecule has 0 aliphatic carbocycles. The SMILES string of the molecule is CC(C)NC(=O)CSc1nnc(-c2cccnc2)n1N. The molecule has 0 saturated carbocycles. The highest BCUT2D eigenvalue weighted by Crippen LogP contribution is 2.20. The maximum atomic E-state index is 11.6. The molecule has 20 heavy (non-hydrogen) atoms. The molecule has 0 aliphatic heterocycles. The summed E-state index contributed by atoms with van der Waals surface area (Å²) in [5.41, 5.74) is 0.779. The van der Waals surface area contributed by atoms with Crippen LogP contribution in [-0.4, -0.2) is 37.6 Å². The van der Waals surface area contributed by atoms with Gasteiger partial charge in [0.05, 0.1) is 5.75 Å². The molecular weight excluding hydrogens is 276 g/mol. The van der Waals surface area contributed by atoms with Gasteiger partial charge in [0.2, 0.25) is 11.1 Å². The third-order valence-corrected chi connectivity index (χ3v) is 3.31. The third kappa shape index (κ3) is 3.47. The highest BCUT2D eigenvalue weighted by atomic mass is 32.2. The third-order valence-electron chi connectivity index (χ3n) is 2.37. The summed E-state index contributed by atoms with van der Waals surface area (Å²) in [6, 6.07) is 3.76. The number of rotatable bonds is 5. The number of nitrogens with two attached hydrogens (primary N) is 1. The lowest BCUT2D eigenvalue weighted by atomic mass is 10.3. The number of thioether (sulfide) groups is 1. The average Bonchev–Trinajstić information content (AvgIpc) is 2.78. The van der Waals surface area contributed by atoms with E-state index in [2.05, 4.69) is 20.5 Å². The molecule has 1 amide bonds. The van der Waals surface area contributed by atoms with Crippen LogP contribution in [0.3, 0.4) is 0 Å². The van der Waals surface area contributed by atoms with Gasteiger partial charge < -0.3 is 11.2 Å². The number of aromatic nitrogens is 4. The topological polar surface area (TPSA) is 98.7 Å². The molecule has 3 N–H and O–H groups in total. The molecule has 0 atom stereocenters. The van der Waals surface area contributed by atoms with Gasteiger partial charge in [0.1, 0.15) is 0 Å². The zero-order valence-corrected chi connectivity index (χ0v) is 12.1. The summed E-state index contributed by atoms with van der Waals surface area (Å²) >= 11 is 1.24. The maximum Gasteiger partial charge on any atom is 0.230 e. The Kier molecular flexibility index (Phi) is 4.57. The van der Waals surface area contributed by atoms with Crippen molar-refractivity contribution in [1.29, 1.82) is 0 Å². The Labute approximate surface area is 121 Å². The fourth-order valence-corrected chi connectivity index (χ4v) is 2.23. The number of nitrogens with one attached hydrogen (secondary N) is 1. The summed E-state index contributed by atoms with van der Waals surface area (Å²) in [7, 11) is 0. The second kappa shape index (κ2) is 6.38. The van der Waals surface area contributed by atoms with E-state index >= 15 is 0 Å². The molecule has 0 aliphatic rings. The minimum Gasteiger partial charge on any atom is -0.353 e. The van der Waals surface area contributed by atoms with Crippen LogP contribution in [0.25, 0.3) is 11.4 Å². The normalized spacial score (nSPS) is 10.8. The fourth-order valence-electron chi connectivity index (χ4n) is 1.56. The Balaban J connectivity index is 2.05. The van der Waals surface area contributed by atoms with E-state index in [1.807, 2.05) is 19.9 Å². The zero-order valence-electron chi connectivity index (χ0n) is 11.3. The monoisotopic (exact) mass is 292 g/mol. The lowest BCUT2D eigenvalue weighted by Gasteiger charge is -2.07. The van der Waals surface area contributed by atoms with Crippen LogP contribution < -0.4 is 11.2 Å². The van der Waals surface area contributed by atoms with Crippen LogP contribution in [-0.2, 0) is 4.79 Å². The quantitative estimate of drug-likeness (QED) is 0.621. The van der Waals surface area contributed by atoms with Gasteiger partial charge >= 0.3 is 0 Å². The molecule has 0 radical (unpaired) electrons. The molecule has 2 heterocycles. The molecule has 2 aromatic rings. The van der Waals surface area contributed by atoms with E-state index in [0.717, 1.165) is 5.56 Å². The van der Waals surface area contributed by atoms with Crippen molar-refractivity contribution in [3.63, 3.8) is 0 Å². The minimum absolute atomic E-state index is 0.0593. The van der Waals surface area contributed by atoms with Gasteiger partial charge in [0.15, 0.2) is 5.82 Å². The number of carbonyl (C=O) groups is 1. The van der Waals surface area contributed by atoms with Crippen molar-refractivity contribution >= 4 is 17.7 Å². The van der Waals surface area contributed by atoms with Crippen LogP contribution in [0.1, 0.15) is 13.8 Å². The second-order valence-electron chi connectivity index (χ2n) is 4.43. The van der Waals surface area contributed by atoms with E-state index in [0.29, 0.717) is 11.0 Å². The number of pyridine rings is 1. The van der Waals surface area contributed by atoms with Crippen LogP contribution in [0.2, 0.25) is 0 Å². The lowest BCUT2D eigenvalue weighted by Crippen LogP contribution is -2.31. The van der Waals surface area contributed by atoms with Crippen LogP contribution >= 0.6 is 11.8 Å². The number of carbonyl (C=O) groups excluding carboxylic acids is 1. The summed E-state index contributed by atoms with van der Waals surface area (Å²) < 4.78 is 1.37. The van der Waals surface area contributed by atoms with Crippen molar-refractivity contribution < 1.29 is 4.79 Å². The van der Waals surface area contributed by atoms with Crippen LogP contribution in [0.4, 0.5) is 0 Å². The Morgan fingerprint density at radius 3 is 2.95 bits per heavy atom. The molecule has 2 rings (SSSR count). The van der Waals surface area contributed by atoms with E-state index in [1.54, 1.807) is 18.5 Å². The molecule has 2 aromatic heterocycles. The molecule has 106 valence electrons. The fraction of sp³-hybridized carbons (Fsp3) is 0.333. The Bertz CT molecular complexity index is 583. The zero-order chi connectivity index (χ0) is 14.5. The van der Waals surface area contributed by atoms with E-state index in [1.165, 1.54) is 16.4 Å². The molecule has 0 bridgehead atoms. The van der Waals surface area contributed by atoms with Gasteiger partial charge in [-0.25, -0.2) is 4.68 Å². The molecule has 7 nitrogen and oxygen atoms in total. The van der Waals surface area contributed by atoms with Crippen LogP contribution in [0, 0.1) is 0 Å². The van der Waals surface area contributed by atoms with Crippen LogP contribution in [0.15, 0.2) is 29.7 Å². The van der Waals surface area contributed by atoms with E-state index in [-0.39, 0.29) is 17.7 Å². The Hall–Kier alpha value is -2.09. The first-order valence-electron chi connectivity index (χ1n) is 6.11.